The number of carbonyl (C=O) groups excluding carboxylic acids is 1. The van der Waals surface area contributed by atoms with Crippen LogP contribution >= 0.6 is 11.3 Å². The Kier molecular flexibility index (Phi) is 6.67. The first-order valence-corrected chi connectivity index (χ1v) is 12.7. The minimum absolute atomic E-state index is 0.00319. The van der Waals surface area contributed by atoms with Crippen LogP contribution in [0.5, 0.6) is 0 Å². The Balaban J connectivity index is 1.37. The van der Waals surface area contributed by atoms with E-state index >= 15 is 0 Å². The number of nitrogens with one attached hydrogen (secondary N) is 2. The monoisotopic (exact) mass is 480 g/mol. The lowest BCUT2D eigenvalue weighted by Gasteiger charge is -2.20. The first-order chi connectivity index (χ1) is 16.5. The molecule has 3 aromatic rings. The number of carbonyl (C=O) groups is 1. The smallest absolute Gasteiger partial charge is 0.320 e. The number of likely N-dealkylation sites (tertiary alicyclic amines) is 1. The Morgan fingerprint density at radius 2 is 2.03 bits per heavy atom. The van der Waals surface area contributed by atoms with Gasteiger partial charge in [0.05, 0.1) is 34.7 Å². The summed E-state index contributed by atoms with van der Waals surface area (Å²) >= 11 is 1.73. The lowest BCUT2D eigenvalue weighted by Crippen LogP contribution is -2.42. The molecule has 2 aromatic heterocycles. The number of hydrogen-bond donors (Lipinski definition) is 2. The number of aryl methyl sites for hydroxylation is 3. The van der Waals surface area contributed by atoms with Crippen molar-refractivity contribution in [2.75, 3.05) is 38.7 Å². The van der Waals surface area contributed by atoms with Crippen molar-refractivity contribution in [2.45, 2.75) is 45.1 Å². The van der Waals surface area contributed by atoms with Crippen LogP contribution in [0.4, 0.5) is 10.6 Å². The number of anilines is 1. The molecule has 2 N–H and O–H groups in total. The summed E-state index contributed by atoms with van der Waals surface area (Å²) in [6.45, 7) is 7.30. The molecule has 1 aliphatic heterocycles. The molecule has 8 nitrogen and oxygen atoms in total. The topological polar surface area (TPSA) is 84.3 Å². The van der Waals surface area contributed by atoms with Crippen molar-refractivity contribution >= 4 is 23.2 Å². The zero-order valence-corrected chi connectivity index (χ0v) is 20.8. The molecule has 3 heterocycles. The Morgan fingerprint density at radius 3 is 2.76 bits per heavy atom. The van der Waals surface area contributed by atoms with Gasteiger partial charge in [0.1, 0.15) is 5.82 Å². The standard InChI is InChI=1S/C25H32N6O2S/c1-16-23(34-17(2)26-16)20-14-30(12-13-33-3)15-22(20)27-25(32)28-24-19-10-7-11-21(19)29-31(24)18-8-5-4-6-9-18/h4-6,8-9,20,22H,7,10-15H2,1-3H3,(H2,27,28,32)/t20-,22?/m1/s1. The fourth-order valence-electron chi connectivity index (χ4n) is 5.18. The molecule has 9 heteroatoms. The SMILES string of the molecule is COCCN1CC(NC(=O)Nc2c3c(nn2-c2ccccc2)CCC3)[C@H](c2sc(C)nc2C)C1. The summed E-state index contributed by atoms with van der Waals surface area (Å²) in [5, 5.41) is 12.3. The number of para-hydroxylation sites is 1. The molecule has 0 bridgehead atoms. The van der Waals surface area contributed by atoms with E-state index in [-0.39, 0.29) is 18.0 Å². The van der Waals surface area contributed by atoms with Gasteiger partial charge in [-0.2, -0.15) is 5.10 Å². The molecule has 1 fully saturated rings. The molecule has 0 saturated carbocycles. The maximum Gasteiger partial charge on any atom is 0.320 e. The molecule has 34 heavy (non-hydrogen) atoms. The van der Waals surface area contributed by atoms with Gasteiger partial charge in [-0.15, -0.1) is 11.3 Å². The van der Waals surface area contributed by atoms with Crippen molar-refractivity contribution in [3.63, 3.8) is 0 Å². The number of nitrogens with zero attached hydrogens (tertiary/aromatic N) is 4. The summed E-state index contributed by atoms with van der Waals surface area (Å²) in [6.07, 6.45) is 2.97. The first-order valence-electron chi connectivity index (χ1n) is 11.9. The average molecular weight is 481 g/mol. The van der Waals surface area contributed by atoms with Gasteiger partial charge in [0.15, 0.2) is 0 Å². The van der Waals surface area contributed by atoms with Crippen LogP contribution in [0.1, 0.15) is 39.2 Å². The van der Waals surface area contributed by atoms with Gasteiger partial charge < -0.3 is 10.1 Å². The number of ether oxygens (including phenoxy) is 1. The number of rotatable bonds is 7. The molecule has 2 atom stereocenters. The molecule has 1 saturated heterocycles. The van der Waals surface area contributed by atoms with Crippen molar-refractivity contribution < 1.29 is 9.53 Å². The zero-order valence-electron chi connectivity index (χ0n) is 20.0. The molecule has 0 spiro atoms. The van der Waals surface area contributed by atoms with E-state index in [4.69, 9.17) is 9.84 Å². The van der Waals surface area contributed by atoms with Crippen LogP contribution in [0.3, 0.4) is 0 Å². The zero-order chi connectivity index (χ0) is 23.7. The van der Waals surface area contributed by atoms with Gasteiger partial charge in [-0.3, -0.25) is 10.2 Å². The van der Waals surface area contributed by atoms with Crippen molar-refractivity contribution in [3.8, 4) is 5.69 Å². The van der Waals surface area contributed by atoms with Gasteiger partial charge >= 0.3 is 6.03 Å². The summed E-state index contributed by atoms with van der Waals surface area (Å²) in [5.41, 5.74) is 4.25. The Bertz CT molecular complexity index is 1160. The normalized spacial score (nSPS) is 20.0. The number of benzene rings is 1. The number of urea groups is 1. The van der Waals surface area contributed by atoms with E-state index < -0.39 is 0 Å². The number of hydrogen-bond acceptors (Lipinski definition) is 6. The maximum atomic E-state index is 13.3. The van der Waals surface area contributed by atoms with Gasteiger partial charge in [-0.25, -0.2) is 14.5 Å². The van der Waals surface area contributed by atoms with E-state index in [1.807, 2.05) is 41.9 Å². The Labute approximate surface area is 204 Å². The van der Waals surface area contributed by atoms with Crippen molar-refractivity contribution in [2.24, 2.45) is 0 Å². The van der Waals surface area contributed by atoms with Crippen LogP contribution in [0.2, 0.25) is 0 Å². The van der Waals surface area contributed by atoms with E-state index in [1.165, 1.54) is 4.88 Å². The summed E-state index contributed by atoms with van der Waals surface area (Å²) in [4.78, 5) is 21.6. The first kappa shape index (κ1) is 23.0. The van der Waals surface area contributed by atoms with Crippen LogP contribution in [0.25, 0.3) is 5.69 Å². The second-order valence-corrected chi connectivity index (χ2v) is 10.4. The fourth-order valence-corrected chi connectivity index (χ4v) is 6.26. The quantitative estimate of drug-likeness (QED) is 0.539. The number of amides is 2. The third-order valence-corrected chi connectivity index (χ3v) is 7.94. The summed E-state index contributed by atoms with van der Waals surface area (Å²) in [5.74, 6) is 0.991. The van der Waals surface area contributed by atoms with E-state index in [0.717, 1.165) is 72.4 Å². The van der Waals surface area contributed by atoms with Crippen molar-refractivity contribution in [3.05, 3.63) is 57.2 Å². The summed E-state index contributed by atoms with van der Waals surface area (Å²) < 4.78 is 7.17. The molecule has 1 aliphatic carbocycles. The second-order valence-electron chi connectivity index (χ2n) is 9.12. The third kappa shape index (κ3) is 4.60. The predicted molar refractivity (Wildman–Crippen MR) is 134 cm³/mol. The fraction of sp³-hybridized carbons (Fsp3) is 0.480. The third-order valence-electron chi connectivity index (χ3n) is 6.74. The minimum atomic E-state index is -0.186. The van der Waals surface area contributed by atoms with Gasteiger partial charge in [0.25, 0.3) is 0 Å². The van der Waals surface area contributed by atoms with Gasteiger partial charge in [0.2, 0.25) is 0 Å². The molecule has 1 unspecified atom stereocenters. The highest BCUT2D eigenvalue weighted by Gasteiger charge is 2.37. The molecule has 2 aliphatic rings. The highest BCUT2D eigenvalue weighted by atomic mass is 32.1. The maximum absolute atomic E-state index is 13.3. The number of aromatic nitrogens is 3. The highest BCUT2D eigenvalue weighted by molar-refractivity contribution is 7.11. The van der Waals surface area contributed by atoms with Gasteiger partial charge in [0, 0.05) is 43.1 Å². The molecular formula is C25H32N6O2S. The largest absolute Gasteiger partial charge is 0.383 e. The number of thiazole rings is 1. The van der Waals surface area contributed by atoms with E-state index in [9.17, 15) is 4.79 Å². The Hall–Kier alpha value is -2.75. The van der Waals surface area contributed by atoms with Crippen molar-refractivity contribution in [1.82, 2.24) is 25.0 Å². The predicted octanol–water partition coefficient (Wildman–Crippen LogP) is 3.67. The molecule has 0 radical (unpaired) electrons. The molecule has 5 rings (SSSR count). The summed E-state index contributed by atoms with van der Waals surface area (Å²) in [7, 11) is 1.72. The van der Waals surface area contributed by atoms with Crippen LogP contribution in [-0.4, -0.2) is 65.1 Å². The van der Waals surface area contributed by atoms with Crippen molar-refractivity contribution in [1.29, 1.82) is 0 Å². The van der Waals surface area contributed by atoms with Crippen LogP contribution in [0, 0.1) is 13.8 Å². The lowest BCUT2D eigenvalue weighted by atomic mass is 10.0. The average Bonchev–Trinajstić information content (AvgIpc) is 3.58. The van der Waals surface area contributed by atoms with E-state index in [2.05, 4.69) is 27.4 Å². The highest BCUT2D eigenvalue weighted by Crippen LogP contribution is 2.34. The van der Waals surface area contributed by atoms with Gasteiger partial charge in [-0.05, 0) is 45.2 Å². The molecule has 2 amide bonds. The molecular weight excluding hydrogens is 448 g/mol. The number of fused-ring (bicyclic) bond motifs is 1. The van der Waals surface area contributed by atoms with E-state index in [1.54, 1.807) is 18.4 Å². The molecule has 180 valence electrons. The summed E-state index contributed by atoms with van der Waals surface area (Å²) in [6, 6.07) is 9.80. The van der Waals surface area contributed by atoms with E-state index in [0.29, 0.717) is 6.61 Å². The lowest BCUT2D eigenvalue weighted by molar-refractivity contribution is 0.159. The Morgan fingerprint density at radius 1 is 1.21 bits per heavy atom. The van der Waals surface area contributed by atoms with Crippen LogP contribution < -0.4 is 10.6 Å². The van der Waals surface area contributed by atoms with Gasteiger partial charge in [-0.1, -0.05) is 18.2 Å². The second kappa shape index (κ2) is 9.85. The van der Waals surface area contributed by atoms with Crippen LogP contribution in [0.15, 0.2) is 30.3 Å². The minimum Gasteiger partial charge on any atom is -0.383 e. The number of methoxy groups -OCH3 is 1. The molecule has 1 aromatic carbocycles. The van der Waals surface area contributed by atoms with Crippen LogP contribution in [-0.2, 0) is 17.6 Å².